The minimum atomic E-state index is -0.907. The lowest BCUT2D eigenvalue weighted by atomic mass is 10.6. The SMILES string of the molecule is O=C1C=CC(=O)N1F. The molecule has 1 rings (SSSR count). The summed E-state index contributed by atoms with van der Waals surface area (Å²) in [6.45, 7) is 0. The van der Waals surface area contributed by atoms with E-state index in [0.29, 0.717) is 0 Å². The van der Waals surface area contributed by atoms with E-state index in [0.717, 1.165) is 12.2 Å². The van der Waals surface area contributed by atoms with Gasteiger partial charge in [0.2, 0.25) is 0 Å². The first-order valence-electron chi connectivity index (χ1n) is 1.94. The molecule has 0 spiro atoms. The zero-order chi connectivity index (χ0) is 6.15. The quantitative estimate of drug-likeness (QED) is 0.323. The molecule has 0 saturated heterocycles. The normalized spacial score (nSPS) is 18.4. The Morgan fingerprint density at radius 1 is 1.25 bits per heavy atom. The van der Waals surface area contributed by atoms with Crippen LogP contribution in [-0.4, -0.2) is 16.9 Å². The number of halogens is 1. The van der Waals surface area contributed by atoms with Crippen molar-refractivity contribution >= 4 is 11.8 Å². The monoisotopic (exact) mass is 115 g/mol. The molecule has 8 heavy (non-hydrogen) atoms. The maximum absolute atomic E-state index is 11.8. The van der Waals surface area contributed by atoms with Crippen molar-refractivity contribution in [3.63, 3.8) is 0 Å². The fourth-order valence-electron chi connectivity index (χ4n) is 0.382. The van der Waals surface area contributed by atoms with Crippen LogP contribution in [0.2, 0.25) is 0 Å². The second-order valence-corrected chi connectivity index (χ2v) is 1.29. The van der Waals surface area contributed by atoms with Gasteiger partial charge in [-0.15, -0.1) is 5.12 Å². The van der Waals surface area contributed by atoms with Crippen molar-refractivity contribution in [2.75, 3.05) is 0 Å². The van der Waals surface area contributed by atoms with Crippen LogP contribution >= 0.6 is 0 Å². The molecule has 0 saturated carbocycles. The minimum absolute atomic E-state index is 0.444. The highest BCUT2D eigenvalue weighted by atomic mass is 19.2. The third-order valence-electron chi connectivity index (χ3n) is 0.755. The lowest BCUT2D eigenvalue weighted by Crippen LogP contribution is -2.19. The predicted octanol–water partition coefficient (Wildman–Crippen LogP) is -0.204. The van der Waals surface area contributed by atoms with E-state index < -0.39 is 16.9 Å². The van der Waals surface area contributed by atoms with Gasteiger partial charge >= 0.3 is 0 Å². The number of carbonyl (C=O) groups is 2. The summed E-state index contributed by atoms with van der Waals surface area (Å²) in [5.74, 6) is -1.81. The largest absolute Gasteiger partial charge is 0.282 e. The molecule has 3 nitrogen and oxygen atoms in total. The summed E-state index contributed by atoms with van der Waals surface area (Å²) in [7, 11) is 0. The Hall–Kier alpha value is -1.19. The predicted molar refractivity (Wildman–Crippen MR) is 22.1 cm³/mol. The van der Waals surface area contributed by atoms with Crippen LogP contribution in [-0.2, 0) is 9.59 Å². The number of imide groups is 1. The van der Waals surface area contributed by atoms with E-state index in [1.807, 2.05) is 0 Å². The first kappa shape index (κ1) is 4.96. The molecule has 1 aliphatic heterocycles. The molecule has 0 aliphatic carbocycles. The average Bonchev–Trinajstić information content (AvgIpc) is 1.98. The third kappa shape index (κ3) is 0.501. The zero-order valence-corrected chi connectivity index (χ0v) is 3.80. The van der Waals surface area contributed by atoms with Gasteiger partial charge in [-0.25, -0.2) is 0 Å². The third-order valence-corrected chi connectivity index (χ3v) is 0.755. The lowest BCUT2D eigenvalue weighted by Gasteiger charge is -1.94. The number of amides is 2. The molecule has 0 unspecified atom stereocenters. The lowest BCUT2D eigenvalue weighted by molar-refractivity contribution is -0.152. The van der Waals surface area contributed by atoms with Crippen LogP contribution in [0.5, 0.6) is 0 Å². The van der Waals surface area contributed by atoms with Crippen LogP contribution in [0.3, 0.4) is 0 Å². The molecule has 0 fully saturated rings. The Bertz CT molecular complexity index is 157. The van der Waals surface area contributed by atoms with Gasteiger partial charge in [0, 0.05) is 12.2 Å². The van der Waals surface area contributed by atoms with Gasteiger partial charge in [-0.2, -0.15) is 0 Å². The average molecular weight is 115 g/mol. The highest BCUT2D eigenvalue weighted by molar-refractivity contribution is 6.11. The minimum Gasteiger partial charge on any atom is -0.267 e. The summed E-state index contributed by atoms with van der Waals surface area (Å²) in [5, 5.41) is -0.444. The van der Waals surface area contributed by atoms with Gasteiger partial charge in [-0.3, -0.25) is 9.59 Å². The summed E-state index contributed by atoms with van der Waals surface area (Å²) >= 11 is 0. The van der Waals surface area contributed by atoms with Crippen LogP contribution < -0.4 is 0 Å². The number of carbonyl (C=O) groups excluding carboxylic acids is 2. The zero-order valence-electron chi connectivity index (χ0n) is 3.80. The van der Waals surface area contributed by atoms with E-state index in [1.165, 1.54) is 0 Å². The van der Waals surface area contributed by atoms with E-state index in [1.54, 1.807) is 0 Å². The van der Waals surface area contributed by atoms with Crippen molar-refractivity contribution < 1.29 is 14.1 Å². The van der Waals surface area contributed by atoms with Crippen LogP contribution in [0.15, 0.2) is 12.2 Å². The summed E-state index contributed by atoms with van der Waals surface area (Å²) in [6.07, 6.45) is 1.75. The first-order valence-corrected chi connectivity index (χ1v) is 1.94. The molecule has 42 valence electrons. The molecule has 0 aromatic rings. The van der Waals surface area contributed by atoms with Crippen molar-refractivity contribution in [2.45, 2.75) is 0 Å². The summed E-state index contributed by atoms with van der Waals surface area (Å²) in [5.41, 5.74) is 0. The van der Waals surface area contributed by atoms with Crippen molar-refractivity contribution in [3.8, 4) is 0 Å². The standard InChI is InChI=1S/C4H2FNO2/c5-6-3(7)1-2-4(6)8/h1-2H. The maximum atomic E-state index is 11.8. The van der Waals surface area contributed by atoms with Gasteiger partial charge in [0.15, 0.2) is 0 Å². The van der Waals surface area contributed by atoms with Crippen LogP contribution in [0.25, 0.3) is 0 Å². The fourth-order valence-corrected chi connectivity index (χ4v) is 0.382. The van der Waals surface area contributed by atoms with Crippen molar-refractivity contribution in [1.29, 1.82) is 0 Å². The Labute approximate surface area is 44.3 Å². The Morgan fingerprint density at radius 2 is 1.62 bits per heavy atom. The second-order valence-electron chi connectivity index (χ2n) is 1.29. The highest BCUT2D eigenvalue weighted by Crippen LogP contribution is 2.01. The van der Waals surface area contributed by atoms with Crippen LogP contribution in [0, 0.1) is 0 Å². The van der Waals surface area contributed by atoms with E-state index in [2.05, 4.69) is 0 Å². The van der Waals surface area contributed by atoms with E-state index in [4.69, 9.17) is 0 Å². The number of nitrogens with zero attached hydrogens (tertiary/aromatic N) is 1. The molecule has 0 atom stereocenters. The Morgan fingerprint density at radius 3 is 1.75 bits per heavy atom. The van der Waals surface area contributed by atoms with Crippen molar-refractivity contribution in [3.05, 3.63) is 12.2 Å². The molecule has 0 aromatic heterocycles. The second kappa shape index (κ2) is 1.40. The molecule has 2 amide bonds. The topological polar surface area (TPSA) is 37.4 Å². The van der Waals surface area contributed by atoms with Gasteiger partial charge in [0.1, 0.15) is 0 Å². The van der Waals surface area contributed by atoms with E-state index in [9.17, 15) is 14.1 Å². The smallest absolute Gasteiger partial charge is 0.267 e. The molecule has 4 heteroatoms. The summed E-state index contributed by atoms with van der Waals surface area (Å²) < 4.78 is 11.8. The van der Waals surface area contributed by atoms with Gasteiger partial charge < -0.3 is 0 Å². The van der Waals surface area contributed by atoms with Gasteiger partial charge in [-0.05, 0) is 0 Å². The summed E-state index contributed by atoms with van der Waals surface area (Å²) in [4.78, 5) is 20.1. The molecular weight excluding hydrogens is 113 g/mol. The number of rotatable bonds is 0. The van der Waals surface area contributed by atoms with Crippen molar-refractivity contribution in [2.24, 2.45) is 0 Å². The van der Waals surface area contributed by atoms with Crippen LogP contribution in [0.4, 0.5) is 4.48 Å². The molecule has 1 heterocycles. The number of hydrogen-bond acceptors (Lipinski definition) is 2. The molecule has 0 radical (unpaired) electrons. The molecule has 1 aliphatic rings. The Kier molecular flexibility index (Phi) is 0.865. The van der Waals surface area contributed by atoms with Gasteiger partial charge in [0.05, 0.1) is 0 Å². The van der Waals surface area contributed by atoms with Crippen LogP contribution in [0.1, 0.15) is 0 Å². The number of hydrogen-bond donors (Lipinski definition) is 0. The maximum Gasteiger partial charge on any atom is 0.282 e. The molecule has 0 aromatic carbocycles. The molecular formula is C4H2FNO2. The van der Waals surface area contributed by atoms with Gasteiger partial charge in [-0.1, -0.05) is 4.48 Å². The molecule has 0 bridgehead atoms. The fraction of sp³-hybridized carbons (Fsp3) is 0. The van der Waals surface area contributed by atoms with Crippen molar-refractivity contribution in [1.82, 2.24) is 5.12 Å². The van der Waals surface area contributed by atoms with Gasteiger partial charge in [0.25, 0.3) is 11.8 Å². The Balaban J connectivity index is 2.84. The summed E-state index contributed by atoms with van der Waals surface area (Å²) in [6, 6.07) is 0. The molecule has 0 N–H and O–H groups in total. The van der Waals surface area contributed by atoms with E-state index in [-0.39, 0.29) is 0 Å². The van der Waals surface area contributed by atoms with E-state index >= 15 is 0 Å². The first-order chi connectivity index (χ1) is 3.72. The highest BCUT2D eigenvalue weighted by Gasteiger charge is 2.22.